The number of imidazole rings is 1. The van der Waals surface area contributed by atoms with Crippen molar-refractivity contribution in [1.29, 1.82) is 0 Å². The number of fused-ring (bicyclic) bond motifs is 1. The van der Waals surface area contributed by atoms with Gasteiger partial charge in [0.15, 0.2) is 0 Å². The lowest BCUT2D eigenvalue weighted by Crippen LogP contribution is -1.93. The van der Waals surface area contributed by atoms with Gasteiger partial charge in [-0.05, 0) is 36.8 Å². The number of carboxylic acids is 1. The van der Waals surface area contributed by atoms with Crippen LogP contribution in [0.4, 0.5) is 0 Å². The van der Waals surface area contributed by atoms with E-state index in [4.69, 9.17) is 14.8 Å². The maximum absolute atomic E-state index is 10.9. The van der Waals surface area contributed by atoms with Crippen molar-refractivity contribution in [2.45, 2.75) is 6.92 Å². The summed E-state index contributed by atoms with van der Waals surface area (Å²) in [6, 6.07) is 11.4. The van der Waals surface area contributed by atoms with Crippen molar-refractivity contribution < 1.29 is 14.6 Å². The molecule has 0 fully saturated rings. The lowest BCUT2D eigenvalue weighted by molar-refractivity contribution is -0.131. The molecule has 0 bridgehead atoms. The number of rotatable bonds is 4. The zero-order valence-electron chi connectivity index (χ0n) is 12.9. The zero-order chi connectivity index (χ0) is 16.4. The minimum Gasteiger partial charge on any atom is -0.496 e. The molecule has 0 unspecified atom stereocenters. The molecule has 1 N–H and O–H groups in total. The van der Waals surface area contributed by atoms with Crippen molar-refractivity contribution in [3.05, 3.63) is 59.9 Å². The Bertz CT molecular complexity index is 910. The van der Waals surface area contributed by atoms with Gasteiger partial charge in [-0.15, -0.1) is 0 Å². The summed E-state index contributed by atoms with van der Waals surface area (Å²) >= 11 is 0. The summed E-state index contributed by atoms with van der Waals surface area (Å²) in [5, 5.41) is 8.96. The van der Waals surface area contributed by atoms with Crippen molar-refractivity contribution in [2.24, 2.45) is 0 Å². The van der Waals surface area contributed by atoms with Gasteiger partial charge in [-0.1, -0.05) is 18.2 Å². The number of benzene rings is 1. The normalized spacial score (nSPS) is 11.2. The standard InChI is InChI=1S/C18H16N2O3/c1-12-6-5-11-20-14(9-10-16(21)22)17(19-18(12)20)13-7-3-4-8-15(13)23-2/h3-11H,1-2H3,(H,21,22)/b10-9+. The third-order valence-corrected chi connectivity index (χ3v) is 3.63. The van der Waals surface area contributed by atoms with Crippen LogP contribution in [0.1, 0.15) is 11.3 Å². The van der Waals surface area contributed by atoms with E-state index in [1.165, 1.54) is 0 Å². The molecule has 2 heterocycles. The average molecular weight is 308 g/mol. The number of methoxy groups -OCH3 is 1. The van der Waals surface area contributed by atoms with E-state index in [0.29, 0.717) is 17.1 Å². The summed E-state index contributed by atoms with van der Waals surface area (Å²) in [5.41, 5.74) is 4.02. The highest BCUT2D eigenvalue weighted by molar-refractivity contribution is 5.88. The number of ether oxygens (including phenoxy) is 1. The highest BCUT2D eigenvalue weighted by Gasteiger charge is 2.16. The smallest absolute Gasteiger partial charge is 0.328 e. The average Bonchev–Trinajstić information content (AvgIpc) is 2.92. The number of hydrogen-bond donors (Lipinski definition) is 1. The van der Waals surface area contributed by atoms with Crippen LogP contribution in [-0.2, 0) is 4.79 Å². The van der Waals surface area contributed by atoms with Gasteiger partial charge in [0.1, 0.15) is 17.1 Å². The minimum atomic E-state index is -1.00. The molecule has 0 aliphatic rings. The SMILES string of the molecule is COc1ccccc1-c1nc2c(C)cccn2c1/C=C/C(=O)O. The maximum atomic E-state index is 10.9. The van der Waals surface area contributed by atoms with Crippen LogP contribution in [0, 0.1) is 6.92 Å². The summed E-state index contributed by atoms with van der Waals surface area (Å²) in [7, 11) is 1.60. The second kappa shape index (κ2) is 5.96. The maximum Gasteiger partial charge on any atom is 0.328 e. The monoisotopic (exact) mass is 308 g/mol. The molecule has 3 aromatic rings. The Kier molecular flexibility index (Phi) is 3.85. The summed E-state index contributed by atoms with van der Waals surface area (Å²) < 4.78 is 7.30. The number of para-hydroxylation sites is 1. The van der Waals surface area contributed by atoms with E-state index >= 15 is 0 Å². The Morgan fingerprint density at radius 1 is 1.26 bits per heavy atom. The molecule has 0 radical (unpaired) electrons. The van der Waals surface area contributed by atoms with E-state index in [9.17, 15) is 4.79 Å². The van der Waals surface area contributed by atoms with Gasteiger partial charge in [0.25, 0.3) is 0 Å². The molecule has 0 aliphatic heterocycles. The first-order valence-corrected chi connectivity index (χ1v) is 7.14. The van der Waals surface area contributed by atoms with Crippen LogP contribution in [0.3, 0.4) is 0 Å². The number of nitrogens with zero attached hydrogens (tertiary/aromatic N) is 2. The van der Waals surface area contributed by atoms with E-state index in [-0.39, 0.29) is 0 Å². The third kappa shape index (κ3) is 2.68. The van der Waals surface area contributed by atoms with Crippen LogP contribution < -0.4 is 4.74 Å². The summed E-state index contributed by atoms with van der Waals surface area (Å²) in [5.74, 6) is -0.308. The van der Waals surface area contributed by atoms with Gasteiger partial charge < -0.3 is 9.84 Å². The second-order valence-corrected chi connectivity index (χ2v) is 5.10. The number of carbonyl (C=O) groups is 1. The second-order valence-electron chi connectivity index (χ2n) is 5.10. The molecule has 116 valence electrons. The molecule has 5 nitrogen and oxygen atoms in total. The van der Waals surface area contributed by atoms with Gasteiger partial charge >= 0.3 is 5.97 Å². The first-order chi connectivity index (χ1) is 11.1. The Morgan fingerprint density at radius 3 is 2.78 bits per heavy atom. The van der Waals surface area contributed by atoms with Crippen LogP contribution in [-0.4, -0.2) is 27.6 Å². The first kappa shape index (κ1) is 14.8. The molecule has 3 rings (SSSR count). The van der Waals surface area contributed by atoms with Gasteiger partial charge in [0.2, 0.25) is 0 Å². The summed E-state index contributed by atoms with van der Waals surface area (Å²) in [6.45, 7) is 1.97. The van der Waals surface area contributed by atoms with Crippen molar-refractivity contribution in [3.63, 3.8) is 0 Å². The highest BCUT2D eigenvalue weighted by atomic mass is 16.5. The van der Waals surface area contributed by atoms with E-state index in [0.717, 1.165) is 22.9 Å². The van der Waals surface area contributed by atoms with Crippen molar-refractivity contribution in [1.82, 2.24) is 9.38 Å². The van der Waals surface area contributed by atoms with Crippen molar-refractivity contribution in [3.8, 4) is 17.0 Å². The fourth-order valence-electron chi connectivity index (χ4n) is 2.57. The largest absolute Gasteiger partial charge is 0.496 e. The number of aromatic nitrogens is 2. The minimum absolute atomic E-state index is 0.689. The van der Waals surface area contributed by atoms with E-state index < -0.39 is 5.97 Å². The van der Waals surface area contributed by atoms with Gasteiger partial charge in [0, 0.05) is 17.8 Å². The molecule has 1 aromatic carbocycles. The number of aliphatic carboxylic acids is 1. The molecule has 0 aliphatic carbocycles. The Labute approximate surface area is 133 Å². The zero-order valence-corrected chi connectivity index (χ0v) is 12.9. The fourth-order valence-corrected chi connectivity index (χ4v) is 2.57. The van der Waals surface area contributed by atoms with Crippen LogP contribution in [0.2, 0.25) is 0 Å². The number of aryl methyl sites for hydroxylation is 1. The summed E-state index contributed by atoms with van der Waals surface area (Å²) in [6.07, 6.45) is 4.55. The fraction of sp³-hybridized carbons (Fsp3) is 0.111. The predicted octanol–water partition coefficient (Wildman–Crippen LogP) is 3.42. The number of hydrogen-bond acceptors (Lipinski definition) is 3. The third-order valence-electron chi connectivity index (χ3n) is 3.63. The molecular formula is C18H16N2O3. The van der Waals surface area contributed by atoms with Gasteiger partial charge in [-0.2, -0.15) is 0 Å². The molecular weight excluding hydrogens is 292 g/mol. The van der Waals surface area contributed by atoms with E-state index in [1.54, 1.807) is 13.2 Å². The van der Waals surface area contributed by atoms with Crippen LogP contribution >= 0.6 is 0 Å². The molecule has 0 saturated carbocycles. The van der Waals surface area contributed by atoms with Crippen molar-refractivity contribution in [2.75, 3.05) is 7.11 Å². The van der Waals surface area contributed by atoms with Crippen LogP contribution in [0.25, 0.3) is 23.0 Å². The lowest BCUT2D eigenvalue weighted by Gasteiger charge is -2.06. The molecule has 2 aromatic heterocycles. The van der Waals surface area contributed by atoms with E-state index in [2.05, 4.69) is 0 Å². The number of carboxylic acid groups (broad SMARTS) is 1. The topological polar surface area (TPSA) is 63.8 Å². The Balaban J connectivity index is 2.33. The molecule has 0 atom stereocenters. The molecule has 23 heavy (non-hydrogen) atoms. The summed E-state index contributed by atoms with van der Waals surface area (Å²) in [4.78, 5) is 15.6. The first-order valence-electron chi connectivity index (χ1n) is 7.14. The van der Waals surface area contributed by atoms with Crippen molar-refractivity contribution >= 4 is 17.7 Å². The molecule has 5 heteroatoms. The lowest BCUT2D eigenvalue weighted by atomic mass is 10.1. The van der Waals surface area contributed by atoms with Gasteiger partial charge in [-0.25, -0.2) is 9.78 Å². The van der Waals surface area contributed by atoms with Crippen LogP contribution in [0.15, 0.2) is 48.7 Å². The Hall–Kier alpha value is -3.08. The molecule has 0 saturated heterocycles. The van der Waals surface area contributed by atoms with E-state index in [1.807, 2.05) is 53.9 Å². The number of pyridine rings is 1. The predicted molar refractivity (Wildman–Crippen MR) is 88.6 cm³/mol. The quantitative estimate of drug-likeness (QED) is 0.750. The Morgan fingerprint density at radius 2 is 2.04 bits per heavy atom. The molecule has 0 amide bonds. The van der Waals surface area contributed by atoms with Gasteiger partial charge in [0.05, 0.1) is 12.8 Å². The van der Waals surface area contributed by atoms with Crippen LogP contribution in [0.5, 0.6) is 5.75 Å². The van der Waals surface area contributed by atoms with Gasteiger partial charge in [-0.3, -0.25) is 4.40 Å². The highest BCUT2D eigenvalue weighted by Crippen LogP contribution is 2.33. The molecule has 0 spiro atoms.